The summed E-state index contributed by atoms with van der Waals surface area (Å²) in [6.07, 6.45) is 5.51. The topological polar surface area (TPSA) is 44.4 Å². The molecule has 4 heteroatoms. The number of nitrogens with zero attached hydrogens (tertiary/aromatic N) is 1. The summed E-state index contributed by atoms with van der Waals surface area (Å²) in [7, 11) is 0. The van der Waals surface area contributed by atoms with Crippen LogP contribution in [0, 0.1) is 17.8 Å². The Kier molecular flexibility index (Phi) is 4.49. The smallest absolute Gasteiger partial charge is 0.239 e. The minimum atomic E-state index is 0.168. The molecule has 0 spiro atoms. The Hall–Kier alpha value is -1.55. The Labute approximate surface area is 145 Å². The molecule has 0 radical (unpaired) electrons. The lowest BCUT2D eigenvalue weighted by Gasteiger charge is -2.30. The molecule has 130 valence electrons. The van der Waals surface area contributed by atoms with E-state index in [1.165, 1.54) is 36.9 Å². The first kappa shape index (κ1) is 15.9. The number of fused-ring (bicyclic) bond motifs is 3. The molecule has 2 aliphatic carbocycles. The summed E-state index contributed by atoms with van der Waals surface area (Å²) in [4.78, 5) is 14.9. The van der Waals surface area contributed by atoms with Crippen molar-refractivity contribution in [3.63, 3.8) is 0 Å². The van der Waals surface area contributed by atoms with Crippen molar-refractivity contribution in [1.29, 1.82) is 0 Å². The van der Waals surface area contributed by atoms with E-state index < -0.39 is 0 Å². The molecule has 1 heterocycles. The SMILES string of the molecule is CC(NC(=O)CN1CCNCc2ccccc21)C1CC2CCC1C2. The maximum Gasteiger partial charge on any atom is 0.239 e. The second-order valence-electron chi connectivity index (χ2n) is 7.92. The van der Waals surface area contributed by atoms with E-state index in [0.717, 1.165) is 31.5 Å². The molecule has 2 fully saturated rings. The summed E-state index contributed by atoms with van der Waals surface area (Å²) < 4.78 is 0. The molecule has 24 heavy (non-hydrogen) atoms. The average Bonchev–Trinajstić information content (AvgIpc) is 3.16. The van der Waals surface area contributed by atoms with Gasteiger partial charge in [0, 0.05) is 31.4 Å². The number of hydrogen-bond acceptors (Lipinski definition) is 3. The second kappa shape index (κ2) is 6.75. The van der Waals surface area contributed by atoms with Gasteiger partial charge in [-0.3, -0.25) is 4.79 Å². The molecule has 1 aliphatic heterocycles. The van der Waals surface area contributed by atoms with Crippen LogP contribution in [-0.4, -0.2) is 31.6 Å². The zero-order valence-electron chi connectivity index (χ0n) is 14.6. The maximum atomic E-state index is 12.6. The Morgan fingerprint density at radius 2 is 2.21 bits per heavy atom. The molecular weight excluding hydrogens is 298 g/mol. The van der Waals surface area contributed by atoms with E-state index in [0.29, 0.717) is 18.5 Å². The van der Waals surface area contributed by atoms with Crippen LogP contribution in [-0.2, 0) is 11.3 Å². The average molecular weight is 327 g/mol. The van der Waals surface area contributed by atoms with Crippen molar-refractivity contribution in [2.24, 2.45) is 17.8 Å². The van der Waals surface area contributed by atoms with Gasteiger partial charge < -0.3 is 15.5 Å². The predicted molar refractivity (Wildman–Crippen MR) is 96.9 cm³/mol. The molecule has 1 aromatic carbocycles. The fourth-order valence-electron chi connectivity index (χ4n) is 5.18. The predicted octanol–water partition coefficient (Wildman–Crippen LogP) is 2.54. The van der Waals surface area contributed by atoms with Gasteiger partial charge in [-0.1, -0.05) is 24.6 Å². The summed E-state index contributed by atoms with van der Waals surface area (Å²) >= 11 is 0. The van der Waals surface area contributed by atoms with Crippen LogP contribution < -0.4 is 15.5 Å². The first-order valence-corrected chi connectivity index (χ1v) is 9.53. The number of nitrogens with one attached hydrogen (secondary N) is 2. The van der Waals surface area contributed by atoms with Gasteiger partial charge in [0.2, 0.25) is 5.91 Å². The van der Waals surface area contributed by atoms with Crippen LogP contribution in [0.2, 0.25) is 0 Å². The molecule has 2 bridgehead atoms. The van der Waals surface area contributed by atoms with E-state index in [9.17, 15) is 4.79 Å². The van der Waals surface area contributed by atoms with Crippen molar-refractivity contribution in [3.8, 4) is 0 Å². The molecular formula is C20H29N3O. The third-order valence-electron chi connectivity index (χ3n) is 6.36. The highest BCUT2D eigenvalue weighted by Crippen LogP contribution is 2.49. The number of hydrogen-bond donors (Lipinski definition) is 2. The molecule has 3 aliphatic rings. The minimum absolute atomic E-state index is 0.168. The lowest BCUT2D eigenvalue weighted by atomic mass is 9.84. The first-order chi connectivity index (χ1) is 11.7. The highest BCUT2D eigenvalue weighted by molar-refractivity contribution is 5.82. The van der Waals surface area contributed by atoms with E-state index in [4.69, 9.17) is 0 Å². The molecule has 2 saturated carbocycles. The fraction of sp³-hybridized carbons (Fsp3) is 0.650. The lowest BCUT2D eigenvalue weighted by molar-refractivity contribution is -0.120. The normalized spacial score (nSPS) is 29.9. The van der Waals surface area contributed by atoms with Crippen molar-refractivity contribution in [1.82, 2.24) is 10.6 Å². The van der Waals surface area contributed by atoms with Gasteiger partial charge in [0.1, 0.15) is 0 Å². The van der Waals surface area contributed by atoms with Crippen molar-refractivity contribution in [2.75, 3.05) is 24.5 Å². The number of amides is 1. The van der Waals surface area contributed by atoms with Crippen molar-refractivity contribution in [3.05, 3.63) is 29.8 Å². The Morgan fingerprint density at radius 3 is 3.00 bits per heavy atom. The number of carbonyl (C=O) groups is 1. The van der Waals surface area contributed by atoms with Gasteiger partial charge in [-0.2, -0.15) is 0 Å². The minimum Gasteiger partial charge on any atom is -0.361 e. The summed E-state index contributed by atoms with van der Waals surface area (Å²) in [6.45, 7) is 5.36. The molecule has 4 atom stereocenters. The monoisotopic (exact) mass is 327 g/mol. The number of benzene rings is 1. The van der Waals surface area contributed by atoms with Crippen LogP contribution in [0.5, 0.6) is 0 Å². The van der Waals surface area contributed by atoms with Gasteiger partial charge in [0.05, 0.1) is 6.54 Å². The van der Waals surface area contributed by atoms with Crippen molar-refractivity contribution < 1.29 is 4.79 Å². The van der Waals surface area contributed by atoms with E-state index >= 15 is 0 Å². The molecule has 1 amide bonds. The summed E-state index contributed by atoms with van der Waals surface area (Å²) in [6, 6.07) is 8.73. The lowest BCUT2D eigenvalue weighted by Crippen LogP contribution is -2.45. The third-order valence-corrected chi connectivity index (χ3v) is 6.36. The molecule has 0 aromatic heterocycles. The largest absolute Gasteiger partial charge is 0.361 e. The maximum absolute atomic E-state index is 12.6. The fourth-order valence-corrected chi connectivity index (χ4v) is 5.18. The van der Waals surface area contributed by atoms with Gasteiger partial charge in [0.25, 0.3) is 0 Å². The zero-order valence-corrected chi connectivity index (χ0v) is 14.6. The molecule has 4 rings (SSSR count). The number of rotatable bonds is 4. The Balaban J connectivity index is 1.37. The van der Waals surface area contributed by atoms with E-state index in [1.807, 2.05) is 0 Å². The molecule has 1 aromatic rings. The highest BCUT2D eigenvalue weighted by Gasteiger charge is 2.42. The third kappa shape index (κ3) is 3.16. The van der Waals surface area contributed by atoms with E-state index in [2.05, 4.69) is 46.7 Å². The van der Waals surface area contributed by atoms with Gasteiger partial charge in [-0.05, 0) is 55.6 Å². The summed E-state index contributed by atoms with van der Waals surface area (Å²) in [5.74, 6) is 2.66. The zero-order chi connectivity index (χ0) is 16.5. The first-order valence-electron chi connectivity index (χ1n) is 9.53. The summed E-state index contributed by atoms with van der Waals surface area (Å²) in [5.41, 5.74) is 2.48. The highest BCUT2D eigenvalue weighted by atomic mass is 16.2. The van der Waals surface area contributed by atoms with Crippen LogP contribution in [0.25, 0.3) is 0 Å². The van der Waals surface area contributed by atoms with E-state index in [-0.39, 0.29) is 5.91 Å². The van der Waals surface area contributed by atoms with Crippen molar-refractivity contribution in [2.45, 2.75) is 45.2 Å². The van der Waals surface area contributed by atoms with Crippen LogP contribution in [0.4, 0.5) is 5.69 Å². The van der Waals surface area contributed by atoms with Crippen LogP contribution in [0.1, 0.15) is 38.2 Å². The Bertz CT molecular complexity index is 602. The van der Waals surface area contributed by atoms with Crippen LogP contribution in [0.3, 0.4) is 0 Å². The standard InChI is InChI=1S/C20H29N3O/c1-14(18-11-15-6-7-16(18)10-15)22-20(24)13-23-9-8-21-12-17-4-2-3-5-19(17)23/h2-5,14-16,18,21H,6-13H2,1H3,(H,22,24). The van der Waals surface area contributed by atoms with Gasteiger partial charge in [-0.25, -0.2) is 0 Å². The van der Waals surface area contributed by atoms with Gasteiger partial charge in [-0.15, -0.1) is 0 Å². The molecule has 4 nitrogen and oxygen atoms in total. The number of carbonyl (C=O) groups excluding carboxylic acids is 1. The Morgan fingerprint density at radius 1 is 1.33 bits per heavy atom. The number of anilines is 1. The molecule has 0 saturated heterocycles. The van der Waals surface area contributed by atoms with Crippen LogP contribution in [0.15, 0.2) is 24.3 Å². The van der Waals surface area contributed by atoms with Crippen molar-refractivity contribution >= 4 is 11.6 Å². The molecule has 4 unspecified atom stereocenters. The summed E-state index contributed by atoms with van der Waals surface area (Å²) in [5, 5.41) is 6.74. The second-order valence-corrected chi connectivity index (χ2v) is 7.92. The van der Waals surface area contributed by atoms with Gasteiger partial charge >= 0.3 is 0 Å². The van der Waals surface area contributed by atoms with Gasteiger partial charge in [0.15, 0.2) is 0 Å². The van der Waals surface area contributed by atoms with E-state index in [1.54, 1.807) is 0 Å². The number of para-hydroxylation sites is 1. The van der Waals surface area contributed by atoms with Crippen LogP contribution >= 0.6 is 0 Å². The quantitative estimate of drug-likeness (QED) is 0.893. The molecule has 2 N–H and O–H groups in total.